The smallest absolute Gasteiger partial charge is 0.255 e. The molecule has 22 heavy (non-hydrogen) atoms. The zero-order valence-electron chi connectivity index (χ0n) is 12.3. The van der Waals surface area contributed by atoms with E-state index < -0.39 is 0 Å². The minimum Gasteiger partial charge on any atom is -0.324 e. The monoisotopic (exact) mass is 312 g/mol. The van der Waals surface area contributed by atoms with E-state index in [0.29, 0.717) is 11.3 Å². The largest absolute Gasteiger partial charge is 0.324 e. The molecule has 2 aromatic rings. The number of rotatable bonds is 2. The lowest BCUT2D eigenvalue weighted by molar-refractivity contribution is -0.115. The van der Waals surface area contributed by atoms with Gasteiger partial charge in [0.1, 0.15) is 0 Å². The van der Waals surface area contributed by atoms with Crippen LogP contribution < -0.4 is 10.6 Å². The van der Waals surface area contributed by atoms with Gasteiger partial charge >= 0.3 is 0 Å². The summed E-state index contributed by atoms with van der Waals surface area (Å²) in [7, 11) is 0. The summed E-state index contributed by atoms with van der Waals surface area (Å²) in [6, 6.07) is 13.0. The summed E-state index contributed by atoms with van der Waals surface area (Å²) < 4.78 is 0. The highest BCUT2D eigenvalue weighted by atomic mass is 32.2. The maximum atomic E-state index is 12.2. The van der Waals surface area contributed by atoms with Crippen LogP contribution in [0.3, 0.4) is 0 Å². The molecule has 2 aromatic carbocycles. The molecule has 112 valence electrons. The van der Waals surface area contributed by atoms with Gasteiger partial charge < -0.3 is 10.6 Å². The Kier molecular flexibility index (Phi) is 3.90. The van der Waals surface area contributed by atoms with Gasteiger partial charge in [0.05, 0.1) is 10.9 Å². The lowest BCUT2D eigenvalue weighted by Gasteiger charge is -2.22. The number of fused-ring (bicyclic) bond motifs is 1. The number of carbonyl (C=O) groups excluding carboxylic acids is 2. The minimum atomic E-state index is -0.160. The number of carbonyl (C=O) groups is 2. The summed E-state index contributed by atoms with van der Waals surface area (Å²) >= 11 is 1.52. The fraction of sp³-hybridized carbons (Fsp3) is 0.176. The van der Waals surface area contributed by atoms with Crippen molar-refractivity contribution >= 4 is 35.0 Å². The molecule has 1 aliphatic heterocycles. The molecule has 0 spiro atoms. The summed E-state index contributed by atoms with van der Waals surface area (Å²) in [5, 5.41) is 5.63. The Hall–Kier alpha value is -2.27. The first-order valence-corrected chi connectivity index (χ1v) is 7.90. The van der Waals surface area contributed by atoms with Gasteiger partial charge in [-0.1, -0.05) is 17.7 Å². The molecular weight excluding hydrogens is 296 g/mol. The number of nitrogens with one attached hydrogen (secondary N) is 2. The molecule has 2 amide bonds. The third kappa shape index (κ3) is 2.99. The Balaban J connectivity index is 1.80. The third-order valence-corrected chi connectivity index (χ3v) is 4.63. The SMILES string of the molecule is Cc1cccc(C(=O)Nc2ccc3c(c2)NC(=O)C(C)S3)c1. The predicted octanol–water partition coefficient (Wildman–Crippen LogP) is 3.68. The van der Waals surface area contributed by atoms with Crippen LogP contribution in [-0.2, 0) is 4.79 Å². The Bertz CT molecular complexity index is 758. The Morgan fingerprint density at radius 2 is 2.05 bits per heavy atom. The fourth-order valence-electron chi connectivity index (χ4n) is 2.28. The van der Waals surface area contributed by atoms with Crippen molar-refractivity contribution in [2.45, 2.75) is 24.0 Å². The van der Waals surface area contributed by atoms with Gasteiger partial charge in [-0.2, -0.15) is 0 Å². The van der Waals surface area contributed by atoms with Crippen LogP contribution in [0.2, 0.25) is 0 Å². The number of anilines is 2. The molecule has 4 nitrogen and oxygen atoms in total. The van der Waals surface area contributed by atoms with Crippen LogP contribution in [0.25, 0.3) is 0 Å². The topological polar surface area (TPSA) is 58.2 Å². The molecule has 0 aliphatic carbocycles. The third-order valence-electron chi connectivity index (χ3n) is 3.45. The van der Waals surface area contributed by atoms with Gasteiger partial charge in [-0.3, -0.25) is 9.59 Å². The number of hydrogen-bond donors (Lipinski definition) is 2. The lowest BCUT2D eigenvalue weighted by atomic mass is 10.1. The number of aryl methyl sites for hydroxylation is 1. The Labute approximate surface area is 133 Å². The van der Waals surface area contributed by atoms with Gasteiger partial charge in [0.15, 0.2) is 0 Å². The van der Waals surface area contributed by atoms with Crippen molar-refractivity contribution in [3.05, 3.63) is 53.6 Å². The summed E-state index contributed by atoms with van der Waals surface area (Å²) in [5.41, 5.74) is 3.07. The molecule has 1 heterocycles. The van der Waals surface area contributed by atoms with Crippen LogP contribution >= 0.6 is 11.8 Å². The normalized spacial score (nSPS) is 16.6. The van der Waals surface area contributed by atoms with E-state index >= 15 is 0 Å². The van der Waals surface area contributed by atoms with Crippen molar-refractivity contribution in [1.29, 1.82) is 0 Å². The van der Waals surface area contributed by atoms with Gasteiger partial charge in [-0.05, 0) is 44.2 Å². The van der Waals surface area contributed by atoms with Gasteiger partial charge in [0.25, 0.3) is 5.91 Å². The lowest BCUT2D eigenvalue weighted by Crippen LogP contribution is -2.26. The molecule has 1 aliphatic rings. The fourth-order valence-corrected chi connectivity index (χ4v) is 3.21. The maximum Gasteiger partial charge on any atom is 0.255 e. The first kappa shape index (κ1) is 14.7. The van der Waals surface area contributed by atoms with Gasteiger partial charge in [-0.15, -0.1) is 11.8 Å². The zero-order chi connectivity index (χ0) is 15.7. The minimum absolute atomic E-state index is 0.0142. The van der Waals surface area contributed by atoms with Gasteiger partial charge in [-0.25, -0.2) is 0 Å². The molecule has 0 saturated carbocycles. The first-order chi connectivity index (χ1) is 10.5. The average Bonchev–Trinajstić information content (AvgIpc) is 2.49. The van der Waals surface area contributed by atoms with Crippen LogP contribution in [0.4, 0.5) is 11.4 Å². The molecule has 1 atom stereocenters. The second-order valence-corrected chi connectivity index (χ2v) is 6.67. The van der Waals surface area contributed by atoms with E-state index in [-0.39, 0.29) is 17.1 Å². The van der Waals surface area contributed by atoms with E-state index in [4.69, 9.17) is 0 Å². The quantitative estimate of drug-likeness (QED) is 0.889. The van der Waals surface area contributed by atoms with Crippen LogP contribution in [0, 0.1) is 6.92 Å². The number of amides is 2. The highest BCUT2D eigenvalue weighted by Crippen LogP contribution is 2.37. The molecular formula is C17H16N2O2S. The van der Waals surface area contributed by atoms with E-state index in [1.807, 2.05) is 44.2 Å². The molecule has 0 aromatic heterocycles. The average molecular weight is 312 g/mol. The number of hydrogen-bond acceptors (Lipinski definition) is 3. The van der Waals surface area contributed by atoms with Crippen molar-refractivity contribution in [2.24, 2.45) is 0 Å². The second kappa shape index (κ2) is 5.85. The summed E-state index contributed by atoms with van der Waals surface area (Å²) in [6.07, 6.45) is 0. The predicted molar refractivity (Wildman–Crippen MR) is 89.5 cm³/mol. The van der Waals surface area contributed by atoms with E-state index in [1.165, 1.54) is 11.8 Å². The van der Waals surface area contributed by atoms with Crippen LogP contribution in [-0.4, -0.2) is 17.1 Å². The highest BCUT2D eigenvalue weighted by molar-refractivity contribution is 8.00. The van der Waals surface area contributed by atoms with Crippen molar-refractivity contribution in [1.82, 2.24) is 0 Å². The number of thioether (sulfide) groups is 1. The van der Waals surface area contributed by atoms with Crippen molar-refractivity contribution < 1.29 is 9.59 Å². The highest BCUT2D eigenvalue weighted by Gasteiger charge is 2.23. The summed E-state index contributed by atoms with van der Waals surface area (Å²) in [6.45, 7) is 3.82. The zero-order valence-corrected chi connectivity index (χ0v) is 13.2. The molecule has 0 bridgehead atoms. The molecule has 0 fully saturated rings. The van der Waals surface area contributed by atoms with Crippen LogP contribution in [0.1, 0.15) is 22.8 Å². The van der Waals surface area contributed by atoms with E-state index in [9.17, 15) is 9.59 Å². The first-order valence-electron chi connectivity index (χ1n) is 7.02. The van der Waals surface area contributed by atoms with E-state index in [0.717, 1.165) is 16.1 Å². The van der Waals surface area contributed by atoms with Gasteiger partial charge in [0.2, 0.25) is 5.91 Å². The molecule has 2 N–H and O–H groups in total. The van der Waals surface area contributed by atoms with E-state index in [2.05, 4.69) is 10.6 Å². The number of benzene rings is 2. The van der Waals surface area contributed by atoms with Crippen molar-refractivity contribution in [3.63, 3.8) is 0 Å². The molecule has 0 saturated heterocycles. The van der Waals surface area contributed by atoms with Crippen LogP contribution in [0.5, 0.6) is 0 Å². The molecule has 0 radical (unpaired) electrons. The Morgan fingerprint density at radius 3 is 2.82 bits per heavy atom. The van der Waals surface area contributed by atoms with Crippen molar-refractivity contribution in [3.8, 4) is 0 Å². The summed E-state index contributed by atoms with van der Waals surface area (Å²) in [4.78, 5) is 25.0. The van der Waals surface area contributed by atoms with Gasteiger partial charge in [0, 0.05) is 16.1 Å². The second-order valence-electron chi connectivity index (χ2n) is 5.28. The molecule has 1 unspecified atom stereocenters. The maximum absolute atomic E-state index is 12.2. The van der Waals surface area contributed by atoms with Crippen molar-refractivity contribution in [2.75, 3.05) is 10.6 Å². The Morgan fingerprint density at radius 1 is 1.23 bits per heavy atom. The van der Waals surface area contributed by atoms with E-state index in [1.54, 1.807) is 12.1 Å². The standard InChI is InChI=1S/C17H16N2O2S/c1-10-4-3-5-12(8-10)17(21)18-13-6-7-15-14(9-13)19-16(20)11(2)22-15/h3-9,11H,1-2H3,(H,18,21)(H,19,20). The molecule has 3 rings (SSSR count). The van der Waals surface area contributed by atoms with Crippen LogP contribution in [0.15, 0.2) is 47.4 Å². The molecule has 5 heteroatoms. The summed E-state index contributed by atoms with van der Waals surface area (Å²) in [5.74, 6) is -0.175.